The van der Waals surface area contributed by atoms with E-state index in [0.29, 0.717) is 23.7 Å². The molecular formula is C15H20N6O3. The van der Waals surface area contributed by atoms with Crippen LogP contribution in [-0.2, 0) is 17.9 Å². The average Bonchev–Trinajstić information content (AvgIpc) is 3.05. The number of carbonyl (C=O) groups excluding carboxylic acids is 2. The predicted molar refractivity (Wildman–Crippen MR) is 85.3 cm³/mol. The van der Waals surface area contributed by atoms with Gasteiger partial charge in [0.2, 0.25) is 5.91 Å². The van der Waals surface area contributed by atoms with E-state index >= 15 is 0 Å². The molecule has 1 heterocycles. The van der Waals surface area contributed by atoms with Crippen LogP contribution >= 0.6 is 0 Å². The van der Waals surface area contributed by atoms with Crippen molar-refractivity contribution >= 4 is 11.8 Å². The molecule has 0 unspecified atom stereocenters. The second kappa shape index (κ2) is 8.04. The maximum atomic E-state index is 12.0. The fourth-order valence-corrected chi connectivity index (χ4v) is 1.84. The monoisotopic (exact) mass is 332 g/mol. The molecule has 1 N–H and O–H groups in total. The van der Waals surface area contributed by atoms with E-state index in [4.69, 9.17) is 4.74 Å². The van der Waals surface area contributed by atoms with Gasteiger partial charge in [-0.25, -0.2) is 4.68 Å². The molecule has 0 saturated heterocycles. The number of benzene rings is 1. The number of rotatable bonds is 7. The van der Waals surface area contributed by atoms with E-state index in [0.717, 1.165) is 0 Å². The maximum Gasteiger partial charge on any atom is 0.251 e. The van der Waals surface area contributed by atoms with Crippen LogP contribution in [0, 0.1) is 0 Å². The number of hydrogen-bond donors (Lipinski definition) is 1. The highest BCUT2D eigenvalue weighted by atomic mass is 16.5. The topological polar surface area (TPSA) is 102 Å². The number of amides is 2. The van der Waals surface area contributed by atoms with Gasteiger partial charge in [0.1, 0.15) is 12.4 Å². The molecule has 0 aliphatic carbocycles. The molecule has 2 rings (SSSR count). The lowest BCUT2D eigenvalue weighted by atomic mass is 10.2. The standard InChI is InChI=1S/C15H20N6O3/c1-4-21-13(17-18-19-21)10-24-12-7-5-11(6-8-12)15(23)16-9-14(22)20(2)3/h5-8H,4,9-10H2,1-3H3,(H,16,23). The summed E-state index contributed by atoms with van der Waals surface area (Å²) in [4.78, 5) is 24.8. The van der Waals surface area contributed by atoms with Gasteiger partial charge in [0.05, 0.1) is 6.54 Å². The van der Waals surface area contributed by atoms with E-state index in [1.807, 2.05) is 6.92 Å². The summed E-state index contributed by atoms with van der Waals surface area (Å²) < 4.78 is 7.24. The number of tetrazole rings is 1. The summed E-state index contributed by atoms with van der Waals surface area (Å²) in [5.74, 6) is 0.742. The van der Waals surface area contributed by atoms with Gasteiger partial charge in [0, 0.05) is 26.2 Å². The van der Waals surface area contributed by atoms with Gasteiger partial charge in [0.25, 0.3) is 5.91 Å². The summed E-state index contributed by atoms with van der Waals surface area (Å²) in [7, 11) is 3.27. The lowest BCUT2D eigenvalue weighted by Crippen LogP contribution is -2.36. The lowest BCUT2D eigenvalue weighted by molar-refractivity contribution is -0.127. The number of carbonyl (C=O) groups is 2. The minimum atomic E-state index is -0.313. The third-order valence-corrected chi connectivity index (χ3v) is 3.29. The Hall–Kier alpha value is -2.97. The Bertz CT molecular complexity index is 695. The van der Waals surface area contributed by atoms with Crippen molar-refractivity contribution in [2.75, 3.05) is 20.6 Å². The third-order valence-electron chi connectivity index (χ3n) is 3.29. The molecule has 2 aromatic rings. The fourth-order valence-electron chi connectivity index (χ4n) is 1.84. The van der Waals surface area contributed by atoms with Crippen LogP contribution in [0.1, 0.15) is 23.1 Å². The molecule has 9 heteroatoms. The van der Waals surface area contributed by atoms with Gasteiger partial charge in [0.15, 0.2) is 5.82 Å². The van der Waals surface area contributed by atoms with Gasteiger partial charge < -0.3 is 15.0 Å². The van der Waals surface area contributed by atoms with Crippen LogP contribution in [0.25, 0.3) is 0 Å². The van der Waals surface area contributed by atoms with E-state index in [9.17, 15) is 9.59 Å². The lowest BCUT2D eigenvalue weighted by Gasteiger charge is -2.11. The van der Waals surface area contributed by atoms with Crippen molar-refractivity contribution < 1.29 is 14.3 Å². The number of aryl methyl sites for hydroxylation is 1. The molecule has 1 aromatic carbocycles. The molecule has 0 saturated carbocycles. The highest BCUT2D eigenvalue weighted by Crippen LogP contribution is 2.13. The van der Waals surface area contributed by atoms with Crippen LogP contribution in [0.5, 0.6) is 5.75 Å². The van der Waals surface area contributed by atoms with Crippen molar-refractivity contribution in [2.45, 2.75) is 20.1 Å². The number of likely N-dealkylation sites (N-methyl/N-ethyl adjacent to an activating group) is 1. The molecule has 24 heavy (non-hydrogen) atoms. The zero-order valence-electron chi connectivity index (χ0n) is 13.9. The Kier molecular flexibility index (Phi) is 5.83. The van der Waals surface area contributed by atoms with Gasteiger partial charge in [-0.1, -0.05) is 0 Å². The third kappa shape index (κ3) is 4.51. The summed E-state index contributed by atoms with van der Waals surface area (Å²) in [6.07, 6.45) is 0. The molecule has 0 aliphatic heterocycles. The number of hydrogen-bond acceptors (Lipinski definition) is 6. The van der Waals surface area contributed by atoms with E-state index in [1.165, 1.54) is 4.90 Å². The van der Waals surface area contributed by atoms with Crippen molar-refractivity contribution in [3.63, 3.8) is 0 Å². The molecule has 128 valence electrons. The summed E-state index contributed by atoms with van der Waals surface area (Å²) >= 11 is 0. The molecule has 0 radical (unpaired) electrons. The van der Waals surface area contributed by atoms with E-state index < -0.39 is 0 Å². The van der Waals surface area contributed by atoms with Gasteiger partial charge in [-0.3, -0.25) is 9.59 Å². The van der Waals surface area contributed by atoms with Gasteiger partial charge in [-0.05, 0) is 41.6 Å². The van der Waals surface area contributed by atoms with Crippen LogP contribution in [-0.4, -0.2) is 57.6 Å². The van der Waals surface area contributed by atoms with E-state index in [1.54, 1.807) is 43.0 Å². The second-order valence-electron chi connectivity index (χ2n) is 5.19. The van der Waals surface area contributed by atoms with Crippen LogP contribution in [0.3, 0.4) is 0 Å². The average molecular weight is 332 g/mol. The minimum absolute atomic E-state index is 0.0379. The molecule has 2 amide bonds. The smallest absolute Gasteiger partial charge is 0.251 e. The molecule has 0 spiro atoms. The van der Waals surface area contributed by atoms with Crippen LogP contribution in [0.15, 0.2) is 24.3 Å². The van der Waals surface area contributed by atoms with Gasteiger partial charge >= 0.3 is 0 Å². The fraction of sp³-hybridized carbons (Fsp3) is 0.400. The number of nitrogens with one attached hydrogen (secondary N) is 1. The summed E-state index contributed by atoms with van der Waals surface area (Å²) in [6, 6.07) is 6.63. The van der Waals surface area contributed by atoms with Gasteiger partial charge in [-0.15, -0.1) is 5.10 Å². The quantitative estimate of drug-likeness (QED) is 0.771. The van der Waals surface area contributed by atoms with Crippen molar-refractivity contribution in [1.29, 1.82) is 0 Å². The molecular weight excluding hydrogens is 312 g/mol. The van der Waals surface area contributed by atoms with E-state index in [-0.39, 0.29) is 25.0 Å². The van der Waals surface area contributed by atoms with E-state index in [2.05, 4.69) is 20.8 Å². The Morgan fingerprint density at radius 2 is 1.96 bits per heavy atom. The number of aromatic nitrogens is 4. The van der Waals surface area contributed by atoms with Gasteiger partial charge in [-0.2, -0.15) is 0 Å². The zero-order chi connectivity index (χ0) is 17.5. The highest BCUT2D eigenvalue weighted by Gasteiger charge is 2.10. The summed E-state index contributed by atoms with van der Waals surface area (Å²) in [6.45, 7) is 2.80. The minimum Gasteiger partial charge on any atom is -0.486 e. The van der Waals surface area contributed by atoms with Crippen LogP contribution in [0.4, 0.5) is 0 Å². The Labute approximate surface area is 139 Å². The van der Waals surface area contributed by atoms with Crippen LogP contribution < -0.4 is 10.1 Å². The number of ether oxygens (including phenoxy) is 1. The van der Waals surface area contributed by atoms with Crippen LogP contribution in [0.2, 0.25) is 0 Å². The molecule has 9 nitrogen and oxygen atoms in total. The second-order valence-corrected chi connectivity index (χ2v) is 5.19. The summed E-state index contributed by atoms with van der Waals surface area (Å²) in [5.41, 5.74) is 0.451. The highest BCUT2D eigenvalue weighted by molar-refractivity contribution is 5.96. The predicted octanol–water partition coefficient (Wildman–Crippen LogP) is 0.0900. The Morgan fingerprint density at radius 3 is 2.58 bits per heavy atom. The first kappa shape index (κ1) is 17.4. The SMILES string of the molecule is CCn1nnnc1COc1ccc(C(=O)NCC(=O)N(C)C)cc1. The summed E-state index contributed by atoms with van der Waals surface area (Å²) in [5, 5.41) is 13.9. The normalized spacial score (nSPS) is 10.3. The molecule has 0 bridgehead atoms. The van der Waals surface area contributed by atoms with Crippen molar-refractivity contribution in [1.82, 2.24) is 30.4 Å². The molecule has 0 atom stereocenters. The first-order valence-electron chi connectivity index (χ1n) is 7.47. The molecule has 0 fully saturated rings. The Morgan fingerprint density at radius 1 is 1.25 bits per heavy atom. The van der Waals surface area contributed by atoms with Crippen molar-refractivity contribution in [3.05, 3.63) is 35.7 Å². The van der Waals surface area contributed by atoms with Crippen molar-refractivity contribution in [2.24, 2.45) is 0 Å². The van der Waals surface area contributed by atoms with Crippen molar-refractivity contribution in [3.8, 4) is 5.75 Å². The maximum absolute atomic E-state index is 12.0. The first-order chi connectivity index (χ1) is 11.5. The zero-order valence-corrected chi connectivity index (χ0v) is 13.9. The molecule has 0 aliphatic rings. The first-order valence-corrected chi connectivity index (χ1v) is 7.47. The largest absolute Gasteiger partial charge is 0.486 e. The Balaban J connectivity index is 1.88. The number of nitrogens with zero attached hydrogens (tertiary/aromatic N) is 5. The molecule has 1 aromatic heterocycles.